The Kier molecular flexibility index (Phi) is 2.58. The molecule has 0 aliphatic heterocycles. The summed E-state index contributed by atoms with van der Waals surface area (Å²) in [6, 6.07) is 1.97. The highest BCUT2D eigenvalue weighted by Crippen LogP contribution is 2.19. The number of aryl methyl sites for hydroxylation is 1. The first-order valence-electron chi connectivity index (χ1n) is 3.60. The lowest BCUT2D eigenvalue weighted by Crippen LogP contribution is -2.17. The topological polar surface area (TPSA) is 39.2 Å². The fraction of sp³-hybridized carbons (Fsp3) is 0.500. The van der Waals surface area contributed by atoms with E-state index in [0.29, 0.717) is 5.22 Å². The Balaban J connectivity index is 2.77. The van der Waals surface area contributed by atoms with Crippen LogP contribution in [0.4, 0.5) is 0 Å². The number of hydrogen-bond acceptors (Lipinski definition) is 2. The molecule has 0 aliphatic carbocycles. The van der Waals surface area contributed by atoms with Crippen LogP contribution in [0.2, 0.25) is 5.22 Å². The largest absolute Gasteiger partial charge is 0.450 e. The van der Waals surface area contributed by atoms with Crippen molar-refractivity contribution in [3.05, 3.63) is 22.6 Å². The second kappa shape index (κ2) is 3.28. The van der Waals surface area contributed by atoms with Gasteiger partial charge in [0.25, 0.3) is 0 Å². The minimum Gasteiger partial charge on any atom is -0.450 e. The van der Waals surface area contributed by atoms with E-state index >= 15 is 0 Å². The second-order valence-electron chi connectivity index (χ2n) is 2.81. The molecule has 1 atom stereocenters. The van der Waals surface area contributed by atoms with E-state index in [9.17, 15) is 0 Å². The zero-order chi connectivity index (χ0) is 8.43. The van der Waals surface area contributed by atoms with Crippen molar-refractivity contribution >= 4 is 11.6 Å². The average Bonchev–Trinajstić information content (AvgIpc) is 2.09. The normalized spacial score (nSPS) is 13.5. The van der Waals surface area contributed by atoms with Crippen molar-refractivity contribution in [3.8, 4) is 0 Å². The van der Waals surface area contributed by atoms with Crippen molar-refractivity contribution in [1.29, 1.82) is 0 Å². The third kappa shape index (κ3) is 2.24. The van der Waals surface area contributed by atoms with Crippen molar-refractivity contribution in [3.63, 3.8) is 0 Å². The number of halogens is 1. The Labute approximate surface area is 71.3 Å². The van der Waals surface area contributed by atoms with Gasteiger partial charge in [0, 0.05) is 6.04 Å². The van der Waals surface area contributed by atoms with Crippen molar-refractivity contribution in [2.24, 2.45) is 5.73 Å². The van der Waals surface area contributed by atoms with E-state index in [2.05, 4.69) is 0 Å². The molecule has 1 aromatic heterocycles. The summed E-state index contributed by atoms with van der Waals surface area (Å²) in [6.07, 6.45) is 0.821. The molecule has 11 heavy (non-hydrogen) atoms. The van der Waals surface area contributed by atoms with Gasteiger partial charge in [0.1, 0.15) is 5.76 Å². The van der Waals surface area contributed by atoms with Crippen molar-refractivity contribution in [2.45, 2.75) is 26.3 Å². The summed E-state index contributed by atoms with van der Waals surface area (Å²) in [5, 5.41) is 0.443. The molecule has 2 nitrogen and oxygen atoms in total. The maximum absolute atomic E-state index is 5.64. The summed E-state index contributed by atoms with van der Waals surface area (Å²) in [7, 11) is 0. The van der Waals surface area contributed by atoms with E-state index in [-0.39, 0.29) is 6.04 Å². The molecule has 1 unspecified atom stereocenters. The molecule has 3 heteroatoms. The van der Waals surface area contributed by atoms with Gasteiger partial charge in [-0.1, -0.05) is 0 Å². The lowest BCUT2D eigenvalue weighted by Gasteiger charge is -2.01. The van der Waals surface area contributed by atoms with Crippen LogP contribution in [0.5, 0.6) is 0 Å². The number of nitrogens with two attached hydrogens (primary N) is 1. The average molecular weight is 174 g/mol. The quantitative estimate of drug-likeness (QED) is 0.744. The second-order valence-corrected chi connectivity index (χ2v) is 3.19. The van der Waals surface area contributed by atoms with E-state index < -0.39 is 0 Å². The number of hydrogen-bond donors (Lipinski definition) is 1. The molecule has 1 aromatic rings. The van der Waals surface area contributed by atoms with Crippen LogP contribution < -0.4 is 5.73 Å². The van der Waals surface area contributed by atoms with E-state index in [1.807, 2.05) is 19.9 Å². The number of rotatable bonds is 2. The van der Waals surface area contributed by atoms with Gasteiger partial charge in [0.2, 0.25) is 0 Å². The third-order valence-electron chi connectivity index (χ3n) is 1.53. The Bertz CT molecular complexity index is 242. The maximum atomic E-state index is 5.64. The highest BCUT2D eigenvalue weighted by atomic mass is 35.5. The van der Waals surface area contributed by atoms with Gasteiger partial charge in [-0.15, -0.1) is 0 Å². The van der Waals surface area contributed by atoms with Crippen molar-refractivity contribution in [1.82, 2.24) is 0 Å². The van der Waals surface area contributed by atoms with Gasteiger partial charge in [-0.05, 0) is 43.5 Å². The van der Waals surface area contributed by atoms with Gasteiger partial charge in [-0.25, -0.2) is 0 Å². The standard InChI is InChI=1S/C8H12ClNO/c1-5(10)3-7-4-8(9)11-6(7)2/h4-5H,3,10H2,1-2H3. The van der Waals surface area contributed by atoms with Gasteiger partial charge >= 0.3 is 0 Å². The van der Waals surface area contributed by atoms with Gasteiger partial charge < -0.3 is 10.2 Å². The summed E-state index contributed by atoms with van der Waals surface area (Å²) in [5.41, 5.74) is 6.72. The first-order chi connectivity index (χ1) is 5.09. The van der Waals surface area contributed by atoms with E-state index in [4.69, 9.17) is 21.8 Å². The molecule has 1 rings (SSSR count). The minimum absolute atomic E-state index is 0.155. The smallest absolute Gasteiger partial charge is 0.193 e. The Hall–Kier alpha value is -0.470. The molecular formula is C8H12ClNO. The zero-order valence-corrected chi connectivity index (χ0v) is 7.48. The van der Waals surface area contributed by atoms with Crippen LogP contribution in [0.25, 0.3) is 0 Å². The predicted molar refractivity (Wildman–Crippen MR) is 45.8 cm³/mol. The number of furan rings is 1. The van der Waals surface area contributed by atoms with Gasteiger partial charge in [0.05, 0.1) is 0 Å². The first-order valence-corrected chi connectivity index (χ1v) is 3.98. The van der Waals surface area contributed by atoms with E-state index in [1.54, 1.807) is 0 Å². The minimum atomic E-state index is 0.155. The molecule has 0 saturated heterocycles. The predicted octanol–water partition coefficient (Wildman–Crippen LogP) is 2.13. The van der Waals surface area contributed by atoms with Crippen LogP contribution >= 0.6 is 11.6 Å². The Morgan fingerprint density at radius 2 is 2.36 bits per heavy atom. The van der Waals surface area contributed by atoms with Crippen LogP contribution in [-0.4, -0.2) is 6.04 Å². The Morgan fingerprint density at radius 1 is 1.73 bits per heavy atom. The highest BCUT2D eigenvalue weighted by molar-refractivity contribution is 6.28. The maximum Gasteiger partial charge on any atom is 0.193 e. The molecule has 0 aromatic carbocycles. The zero-order valence-electron chi connectivity index (χ0n) is 6.73. The third-order valence-corrected chi connectivity index (χ3v) is 1.72. The fourth-order valence-corrected chi connectivity index (χ4v) is 1.28. The summed E-state index contributed by atoms with van der Waals surface area (Å²) < 4.78 is 5.13. The van der Waals surface area contributed by atoms with Crippen molar-refractivity contribution < 1.29 is 4.42 Å². The van der Waals surface area contributed by atoms with Crippen LogP contribution in [0.1, 0.15) is 18.2 Å². The van der Waals surface area contributed by atoms with Crippen LogP contribution in [0.3, 0.4) is 0 Å². The van der Waals surface area contributed by atoms with Gasteiger partial charge in [-0.3, -0.25) is 0 Å². The van der Waals surface area contributed by atoms with E-state index in [0.717, 1.165) is 17.7 Å². The summed E-state index contributed by atoms with van der Waals surface area (Å²) in [5.74, 6) is 0.868. The molecule has 0 aliphatic rings. The summed E-state index contributed by atoms with van der Waals surface area (Å²) >= 11 is 5.64. The Morgan fingerprint density at radius 3 is 2.73 bits per heavy atom. The lowest BCUT2D eigenvalue weighted by atomic mass is 10.1. The molecule has 2 N–H and O–H groups in total. The molecule has 0 spiro atoms. The summed E-state index contributed by atoms with van der Waals surface area (Å²) in [6.45, 7) is 3.85. The lowest BCUT2D eigenvalue weighted by molar-refractivity contribution is 0.529. The summed E-state index contributed by atoms with van der Waals surface area (Å²) in [4.78, 5) is 0. The van der Waals surface area contributed by atoms with Crippen LogP contribution in [0.15, 0.2) is 10.5 Å². The van der Waals surface area contributed by atoms with Gasteiger partial charge in [-0.2, -0.15) is 0 Å². The first kappa shape index (κ1) is 8.62. The van der Waals surface area contributed by atoms with Crippen LogP contribution in [-0.2, 0) is 6.42 Å². The molecule has 1 heterocycles. The monoisotopic (exact) mass is 173 g/mol. The SMILES string of the molecule is Cc1oc(Cl)cc1CC(C)N. The molecular weight excluding hydrogens is 162 g/mol. The van der Waals surface area contributed by atoms with Crippen molar-refractivity contribution in [2.75, 3.05) is 0 Å². The molecule has 0 radical (unpaired) electrons. The molecule has 62 valence electrons. The molecule has 0 amide bonds. The molecule has 0 saturated carbocycles. The molecule has 0 bridgehead atoms. The fourth-order valence-electron chi connectivity index (χ4n) is 1.03. The highest BCUT2D eigenvalue weighted by Gasteiger charge is 2.06. The van der Waals surface area contributed by atoms with Gasteiger partial charge in [0.15, 0.2) is 5.22 Å². The van der Waals surface area contributed by atoms with Crippen LogP contribution in [0, 0.1) is 6.92 Å². The molecule has 0 fully saturated rings. The van der Waals surface area contributed by atoms with E-state index in [1.165, 1.54) is 0 Å².